The van der Waals surface area contributed by atoms with Crippen molar-refractivity contribution in [2.45, 2.75) is 154 Å². The molecule has 125 heavy (non-hydrogen) atoms. The molecule has 4 fully saturated rings. The zero-order valence-electron chi connectivity index (χ0n) is 72.8. The number of nitrogens with zero attached hydrogens (tertiary/aromatic N) is 18. The van der Waals surface area contributed by atoms with Gasteiger partial charge in [0.05, 0.1) is 68.6 Å². The van der Waals surface area contributed by atoms with Gasteiger partial charge in [0.15, 0.2) is 11.6 Å². The number of esters is 2. The van der Waals surface area contributed by atoms with Crippen LogP contribution in [0.3, 0.4) is 0 Å². The van der Waals surface area contributed by atoms with Crippen molar-refractivity contribution in [3.8, 4) is 0 Å². The zero-order valence-corrected chi connectivity index (χ0v) is 72.8. The second-order valence-electron chi connectivity index (χ2n) is 31.4. The molecule has 6 aromatic carbocycles. The summed E-state index contributed by atoms with van der Waals surface area (Å²) in [7, 11) is 4.19. The first-order valence-corrected chi connectivity index (χ1v) is 43.1. The Labute approximate surface area is 728 Å². The van der Waals surface area contributed by atoms with Gasteiger partial charge < -0.3 is 38.2 Å². The molecule has 4 aromatic heterocycles. The van der Waals surface area contributed by atoms with E-state index < -0.39 is 34.2 Å². The van der Waals surface area contributed by atoms with E-state index in [1.54, 1.807) is 93.6 Å². The highest BCUT2D eigenvalue weighted by molar-refractivity contribution is 6.04. The fourth-order valence-electron chi connectivity index (χ4n) is 17.4. The van der Waals surface area contributed by atoms with Gasteiger partial charge in [0.25, 0.3) is 11.8 Å². The Balaban J connectivity index is 0.000000163. The van der Waals surface area contributed by atoms with Crippen molar-refractivity contribution >= 4 is 58.4 Å². The number of furan rings is 1. The first kappa shape index (κ1) is 93.6. The predicted octanol–water partition coefficient (Wildman–Crippen LogP) is 11.0. The minimum Gasteiger partial charge on any atom is -0.469 e. The van der Waals surface area contributed by atoms with Crippen molar-refractivity contribution in [1.82, 2.24) is 69.1 Å². The number of likely N-dealkylation sites (tertiary alicyclic amines) is 4. The number of hydrogen-bond donors (Lipinski definition) is 0. The lowest BCUT2D eigenvalue weighted by Gasteiger charge is -2.53. The highest BCUT2D eigenvalue weighted by Crippen LogP contribution is 2.47. The van der Waals surface area contributed by atoms with Gasteiger partial charge in [-0.15, -0.1) is 0 Å². The molecule has 4 aliphatic heterocycles. The number of aromatic nitrogens is 10. The maximum absolute atomic E-state index is 15.2. The number of carbonyl (C=O) groups is 6. The molecule has 0 radical (unpaired) electrons. The molecular weight excluding hydrogens is 1600 g/mol. The molecule has 4 aliphatic rings. The zero-order chi connectivity index (χ0) is 88.9. The highest BCUT2D eigenvalue weighted by atomic mass is 19.1. The molecule has 0 bridgehead atoms. The van der Waals surface area contributed by atoms with Gasteiger partial charge in [-0.1, -0.05) is 154 Å². The van der Waals surface area contributed by atoms with Gasteiger partial charge in [-0.3, -0.25) is 48.6 Å². The second-order valence-corrected chi connectivity index (χ2v) is 31.4. The normalized spacial score (nSPS) is 17.2. The lowest BCUT2D eigenvalue weighted by Crippen LogP contribution is -2.62. The van der Waals surface area contributed by atoms with E-state index >= 15 is 4.39 Å². The largest absolute Gasteiger partial charge is 0.469 e. The minimum atomic E-state index is -1.04. The molecule has 2 unspecified atom stereocenters. The molecular formula is C93H116F2N18O12. The third-order valence-electron chi connectivity index (χ3n) is 24.1. The molecule has 4 amide bonds. The number of piperidine rings is 4. The van der Waals surface area contributed by atoms with Crippen LogP contribution in [0.1, 0.15) is 126 Å². The molecule has 0 saturated carbocycles. The van der Waals surface area contributed by atoms with Gasteiger partial charge in [-0.2, -0.15) is 18.7 Å². The van der Waals surface area contributed by atoms with Crippen LogP contribution < -0.4 is 31.0 Å². The highest BCUT2D eigenvalue weighted by Gasteiger charge is 2.52. The van der Waals surface area contributed by atoms with Crippen LogP contribution in [0, 0.1) is 17.6 Å². The summed E-state index contributed by atoms with van der Waals surface area (Å²) in [4.78, 5) is 126. The molecule has 10 aromatic rings. The summed E-state index contributed by atoms with van der Waals surface area (Å²) in [5.41, 5.74) is 1.65. The molecule has 0 spiro atoms. The van der Waals surface area contributed by atoms with Gasteiger partial charge in [0.1, 0.15) is 23.8 Å². The summed E-state index contributed by atoms with van der Waals surface area (Å²) < 4.78 is 55.9. The molecule has 2 atom stereocenters. The van der Waals surface area contributed by atoms with Gasteiger partial charge in [-0.25, -0.2) is 28.1 Å². The smallest absolute Gasteiger partial charge is 0.363 e. The molecule has 0 N–H and O–H groups in total. The maximum Gasteiger partial charge on any atom is 0.363 e. The number of halogens is 2. The number of para-hydroxylation sites is 3. The van der Waals surface area contributed by atoms with Gasteiger partial charge in [-0.05, 0) is 157 Å². The van der Waals surface area contributed by atoms with E-state index in [0.29, 0.717) is 153 Å². The number of anilines is 4. The van der Waals surface area contributed by atoms with Crippen molar-refractivity contribution in [2.75, 3.05) is 126 Å². The molecule has 8 heterocycles. The van der Waals surface area contributed by atoms with Crippen molar-refractivity contribution in [1.29, 1.82) is 0 Å². The molecule has 664 valence electrons. The third kappa shape index (κ3) is 22.7. The average molecular weight is 1720 g/mol. The molecule has 30 nitrogen and oxygen atoms in total. The third-order valence-corrected chi connectivity index (χ3v) is 24.1. The number of methoxy groups -OCH3 is 3. The number of carbonyl (C=O) groups excluding carboxylic acids is 6. The van der Waals surface area contributed by atoms with Crippen LogP contribution in [0.15, 0.2) is 221 Å². The Kier molecular flexibility index (Phi) is 34.1. The van der Waals surface area contributed by atoms with E-state index in [1.165, 1.54) is 64.0 Å². The van der Waals surface area contributed by atoms with Crippen LogP contribution >= 0.6 is 0 Å². The lowest BCUT2D eigenvalue weighted by molar-refractivity contribution is -0.151. The van der Waals surface area contributed by atoms with E-state index in [1.807, 2.05) is 118 Å². The van der Waals surface area contributed by atoms with E-state index in [4.69, 9.17) is 13.9 Å². The standard InChI is InChI=1S/C26H33FN6O3.C25H31FN6O2.C22H24N4O2.C20H28N2O5/c1-4-31-25(35)32(29-28-31)17-16-30-15-14-26(20(2)18-30,21-10-6-5-7-11-21)33(24(34)19-36-3)23-13-9-8-12-22(23)27;1-3-23(33)32(22-13-9-8-12-21(22)26)25(20-10-6-5-7-11-20)14-16-29(17-15-25)18-19-31-24(34)30(4-2)27-28-31;27-22(20-7-4-16-28-20)26(21-17-23-11-12-24-21)19-9-14-25(15-10-19)13-8-18-5-2-1-3-6-18;1-4-17(23)22(16-8-6-5-7-9-16)20(19(25)27-3)11-14-21(15-12-20)13-10-18(24)26-2/h5-13,20H,4,14-19H2,1-3H3;5-13H,3-4,14-19H2,1-2H3;1-7,11-12,16-17,19H,8-10,13-15H2;5-9H,4,10-15H2,1-3H3. The molecule has 0 aliphatic carbocycles. The Morgan fingerprint density at radius 2 is 1.01 bits per heavy atom. The Bertz CT molecular complexity index is 5180. The second kappa shape index (κ2) is 45.5. The van der Waals surface area contributed by atoms with Crippen LogP contribution in [0.25, 0.3) is 0 Å². The number of hydrogen-bond acceptors (Lipinski definition) is 22. The lowest BCUT2D eigenvalue weighted by atomic mass is 9.72. The Morgan fingerprint density at radius 1 is 0.504 bits per heavy atom. The first-order valence-electron chi connectivity index (χ1n) is 43.1. The van der Waals surface area contributed by atoms with E-state index in [0.717, 1.165) is 50.0 Å². The van der Waals surface area contributed by atoms with Gasteiger partial charge >= 0.3 is 23.3 Å². The number of tetrazole rings is 2. The fourth-order valence-corrected chi connectivity index (χ4v) is 17.4. The monoisotopic (exact) mass is 1710 g/mol. The minimum absolute atomic E-state index is 0.0582. The van der Waals surface area contributed by atoms with Crippen LogP contribution in [0.5, 0.6) is 0 Å². The van der Waals surface area contributed by atoms with Crippen LogP contribution in [-0.4, -0.2) is 223 Å². The SMILES string of the molecule is CCC(=O)N(c1ccccc1)C1(C(=O)OC)CCN(CCC(=O)OC)CC1.CCC(=O)N(c1ccccc1F)C1(c2ccccc2)CCN(CCn2nnn(CC)c2=O)CC1.CCn1nnn(CCN2CCC(c3ccccc3)(N(C(=O)COC)c3ccccc3F)C(C)C2)c1=O.O=C(c1ccco1)N(c1cnccn1)C1CCN(CCc2ccccc2)CC1. The van der Waals surface area contributed by atoms with Gasteiger partial charge in [0, 0.05) is 136 Å². The van der Waals surface area contributed by atoms with Crippen LogP contribution in [-0.2, 0) is 81.9 Å². The summed E-state index contributed by atoms with van der Waals surface area (Å²) in [6.45, 7) is 19.7. The molecule has 14 rings (SSSR count). The topological polar surface area (TPSA) is 300 Å². The fraction of sp³-hybridized carbons (Fsp3) is 0.441. The van der Waals surface area contributed by atoms with E-state index in [-0.39, 0.29) is 71.7 Å². The van der Waals surface area contributed by atoms with Crippen LogP contribution in [0.2, 0.25) is 0 Å². The average Bonchev–Trinajstić information content (AvgIpc) is 1.52. The number of aryl methyl sites for hydroxylation is 2. The number of benzene rings is 6. The quantitative estimate of drug-likeness (QED) is 0.0378. The summed E-state index contributed by atoms with van der Waals surface area (Å²) in [5.74, 6) is -1.35. The van der Waals surface area contributed by atoms with E-state index in [9.17, 15) is 42.7 Å². The summed E-state index contributed by atoms with van der Waals surface area (Å²) >= 11 is 0. The summed E-state index contributed by atoms with van der Waals surface area (Å²) in [6.07, 6.45) is 12.9. The number of rotatable bonds is 30. The van der Waals surface area contributed by atoms with Crippen molar-refractivity contribution < 1.29 is 56.2 Å². The summed E-state index contributed by atoms with van der Waals surface area (Å²) in [5, 5.41) is 15.7. The van der Waals surface area contributed by atoms with Gasteiger partial charge in [0.2, 0.25) is 11.8 Å². The maximum atomic E-state index is 15.2. The number of ether oxygens (including phenoxy) is 3. The Hall–Kier alpha value is -12.1. The first-order chi connectivity index (χ1) is 60.7. The Morgan fingerprint density at radius 3 is 1.52 bits per heavy atom. The predicted molar refractivity (Wildman–Crippen MR) is 470 cm³/mol. The molecule has 4 saturated heterocycles. The van der Waals surface area contributed by atoms with Crippen molar-refractivity contribution in [3.05, 3.63) is 262 Å². The van der Waals surface area contributed by atoms with Crippen molar-refractivity contribution in [2.24, 2.45) is 5.92 Å². The van der Waals surface area contributed by atoms with E-state index in [2.05, 4.69) is 86.3 Å². The molecule has 32 heteroatoms. The van der Waals surface area contributed by atoms with Crippen LogP contribution in [0.4, 0.5) is 31.7 Å². The summed E-state index contributed by atoms with van der Waals surface area (Å²) in [6, 6.07) is 55.9. The number of amides is 4. The van der Waals surface area contributed by atoms with Crippen molar-refractivity contribution in [3.63, 3.8) is 0 Å².